The Morgan fingerprint density at radius 2 is 1.89 bits per heavy atom. The van der Waals surface area contributed by atoms with E-state index in [1.807, 2.05) is 30.3 Å². The molecule has 206 valence electrons. The summed E-state index contributed by atoms with van der Waals surface area (Å²) in [6, 6.07) is 7.06. The van der Waals surface area contributed by atoms with Gasteiger partial charge in [-0.1, -0.05) is 30.3 Å². The first-order valence-electron chi connectivity index (χ1n) is 12.6. The zero-order valence-corrected chi connectivity index (χ0v) is 21.7. The van der Waals surface area contributed by atoms with Crippen LogP contribution in [0.5, 0.6) is 0 Å². The van der Waals surface area contributed by atoms with Crippen LogP contribution in [0.1, 0.15) is 54.2 Å². The molecule has 2 heterocycles. The largest absolute Gasteiger partial charge is 0.446 e. The summed E-state index contributed by atoms with van der Waals surface area (Å²) < 4.78 is 15.6. The van der Waals surface area contributed by atoms with Crippen molar-refractivity contribution in [2.45, 2.75) is 50.7 Å². The lowest BCUT2D eigenvalue weighted by atomic mass is 10.0. The summed E-state index contributed by atoms with van der Waals surface area (Å²) in [6.07, 6.45) is 2.95. The molecule has 3 rings (SSSR count). The monoisotopic (exact) mass is 529 g/mol. The Morgan fingerprint density at radius 1 is 1.11 bits per heavy atom. The van der Waals surface area contributed by atoms with Crippen molar-refractivity contribution >= 4 is 23.6 Å². The SMILES string of the molecule is COCCOCC(=O)N[C@H]1CCCCNC(=O)[C@H](Cc2ccccc2)NC(=O)c2coc(n2)[C@H](C)NC1=O. The van der Waals surface area contributed by atoms with Gasteiger partial charge in [0.2, 0.25) is 23.6 Å². The van der Waals surface area contributed by atoms with Gasteiger partial charge < -0.3 is 35.2 Å². The molecule has 0 radical (unpaired) electrons. The van der Waals surface area contributed by atoms with Crippen LogP contribution in [0.15, 0.2) is 41.0 Å². The zero-order valence-electron chi connectivity index (χ0n) is 21.7. The maximum Gasteiger partial charge on any atom is 0.273 e. The Bertz CT molecular complexity index is 1070. The molecule has 4 amide bonds. The van der Waals surface area contributed by atoms with Crippen LogP contribution in [0.3, 0.4) is 0 Å². The number of nitrogens with zero attached hydrogens (tertiary/aromatic N) is 1. The van der Waals surface area contributed by atoms with Gasteiger partial charge in [-0.25, -0.2) is 4.98 Å². The number of fused-ring (bicyclic) bond motifs is 2. The summed E-state index contributed by atoms with van der Waals surface area (Å²) in [4.78, 5) is 55.4. The number of aromatic nitrogens is 1. The molecule has 0 saturated carbocycles. The molecular formula is C26H35N5O7. The molecule has 1 aromatic carbocycles. The number of rotatable bonds is 8. The van der Waals surface area contributed by atoms with Gasteiger partial charge in [0.25, 0.3) is 5.91 Å². The van der Waals surface area contributed by atoms with Crippen LogP contribution in [0.25, 0.3) is 0 Å². The third kappa shape index (κ3) is 8.96. The molecule has 3 atom stereocenters. The number of nitrogens with one attached hydrogen (secondary N) is 4. The van der Waals surface area contributed by atoms with Crippen molar-refractivity contribution in [1.82, 2.24) is 26.3 Å². The fourth-order valence-electron chi connectivity index (χ4n) is 3.88. The number of oxazole rings is 1. The van der Waals surface area contributed by atoms with Gasteiger partial charge in [-0.15, -0.1) is 0 Å². The third-order valence-electron chi connectivity index (χ3n) is 5.92. The predicted octanol–water partition coefficient (Wildman–Crippen LogP) is 0.641. The number of hydrogen-bond donors (Lipinski definition) is 4. The quantitative estimate of drug-likeness (QED) is 0.362. The lowest BCUT2D eigenvalue weighted by Gasteiger charge is -2.21. The van der Waals surface area contributed by atoms with E-state index in [1.54, 1.807) is 6.92 Å². The van der Waals surface area contributed by atoms with E-state index >= 15 is 0 Å². The fraction of sp³-hybridized carbons (Fsp3) is 0.500. The van der Waals surface area contributed by atoms with Crippen LogP contribution < -0.4 is 21.3 Å². The first-order chi connectivity index (χ1) is 18.4. The molecule has 2 bridgehead atoms. The number of amides is 4. The molecule has 2 aromatic rings. The van der Waals surface area contributed by atoms with Crippen molar-refractivity contribution in [1.29, 1.82) is 0 Å². The highest BCUT2D eigenvalue weighted by molar-refractivity contribution is 5.96. The molecule has 1 aromatic heterocycles. The highest BCUT2D eigenvalue weighted by Crippen LogP contribution is 2.14. The van der Waals surface area contributed by atoms with Gasteiger partial charge in [-0.2, -0.15) is 0 Å². The Morgan fingerprint density at radius 3 is 2.66 bits per heavy atom. The van der Waals surface area contributed by atoms with E-state index in [4.69, 9.17) is 13.9 Å². The highest BCUT2D eigenvalue weighted by atomic mass is 16.5. The van der Waals surface area contributed by atoms with Crippen molar-refractivity contribution in [3.05, 3.63) is 53.7 Å². The number of benzene rings is 1. The average molecular weight is 530 g/mol. The van der Waals surface area contributed by atoms with Crippen molar-refractivity contribution in [3.8, 4) is 0 Å². The molecule has 0 spiro atoms. The summed E-state index contributed by atoms with van der Waals surface area (Å²) in [6.45, 7) is 2.39. The minimum atomic E-state index is -0.830. The molecule has 4 N–H and O–H groups in total. The van der Waals surface area contributed by atoms with Crippen LogP contribution in [0.2, 0.25) is 0 Å². The maximum absolute atomic E-state index is 13.0. The molecule has 0 aliphatic carbocycles. The zero-order chi connectivity index (χ0) is 27.3. The summed E-state index contributed by atoms with van der Waals surface area (Å²) in [5.41, 5.74) is 0.876. The van der Waals surface area contributed by atoms with Gasteiger partial charge in [0.15, 0.2) is 5.69 Å². The molecule has 1 aliphatic heterocycles. The second-order valence-corrected chi connectivity index (χ2v) is 8.97. The standard InChI is InChI=1S/C26H35N5O7/c1-17-26-31-21(15-38-26)25(35)30-20(14-18-8-4-3-5-9-18)23(33)27-11-7-6-10-19(24(34)28-17)29-22(32)16-37-13-12-36-2/h3-5,8-9,15,17,19-20H,6-7,10-14,16H2,1-2H3,(H,27,33)(H,28,34)(H,29,32)(H,30,35)/t17-,19-,20-/m0/s1. The van der Waals surface area contributed by atoms with E-state index in [1.165, 1.54) is 13.4 Å². The summed E-state index contributed by atoms with van der Waals surface area (Å²) in [7, 11) is 1.53. The van der Waals surface area contributed by atoms with Gasteiger partial charge in [0.1, 0.15) is 31.0 Å². The molecule has 0 unspecified atom stereocenters. The Kier molecular flexibility index (Phi) is 11.2. The number of carbonyl (C=O) groups excluding carboxylic acids is 4. The lowest BCUT2D eigenvalue weighted by molar-refractivity contribution is -0.132. The van der Waals surface area contributed by atoms with E-state index in [9.17, 15) is 19.2 Å². The summed E-state index contributed by atoms with van der Waals surface area (Å²) in [5.74, 6) is -1.64. The van der Waals surface area contributed by atoms with Gasteiger partial charge in [-0.05, 0) is 31.7 Å². The minimum absolute atomic E-state index is 0.0166. The number of ether oxygens (including phenoxy) is 2. The highest BCUT2D eigenvalue weighted by Gasteiger charge is 2.27. The molecule has 12 nitrogen and oxygen atoms in total. The van der Waals surface area contributed by atoms with Crippen LogP contribution in [0, 0.1) is 0 Å². The van der Waals surface area contributed by atoms with Crippen LogP contribution in [-0.2, 0) is 30.3 Å². The second kappa shape index (κ2) is 14.8. The molecular weight excluding hydrogens is 494 g/mol. The molecule has 1 aliphatic rings. The number of carbonyl (C=O) groups is 4. The minimum Gasteiger partial charge on any atom is -0.446 e. The predicted molar refractivity (Wildman–Crippen MR) is 136 cm³/mol. The third-order valence-corrected chi connectivity index (χ3v) is 5.92. The summed E-state index contributed by atoms with van der Waals surface area (Å²) >= 11 is 0. The van der Waals surface area contributed by atoms with E-state index in [-0.39, 0.29) is 30.7 Å². The normalized spacial score (nSPS) is 21.2. The van der Waals surface area contributed by atoms with Gasteiger partial charge in [-0.3, -0.25) is 19.2 Å². The molecule has 38 heavy (non-hydrogen) atoms. The molecule has 12 heteroatoms. The Hall–Kier alpha value is -3.77. The molecule has 0 saturated heterocycles. The smallest absolute Gasteiger partial charge is 0.273 e. The van der Waals surface area contributed by atoms with E-state index in [0.717, 1.165) is 5.56 Å². The van der Waals surface area contributed by atoms with Gasteiger partial charge in [0.05, 0.1) is 13.2 Å². The second-order valence-electron chi connectivity index (χ2n) is 8.97. The average Bonchev–Trinajstić information content (AvgIpc) is 3.41. The van der Waals surface area contributed by atoms with E-state index < -0.39 is 35.8 Å². The maximum atomic E-state index is 13.0. The van der Waals surface area contributed by atoms with Crippen LogP contribution >= 0.6 is 0 Å². The van der Waals surface area contributed by atoms with Crippen LogP contribution in [-0.4, -0.2) is 74.2 Å². The fourth-order valence-corrected chi connectivity index (χ4v) is 3.88. The van der Waals surface area contributed by atoms with Gasteiger partial charge in [0, 0.05) is 20.1 Å². The molecule has 0 fully saturated rings. The van der Waals surface area contributed by atoms with Crippen molar-refractivity contribution in [3.63, 3.8) is 0 Å². The van der Waals surface area contributed by atoms with Crippen molar-refractivity contribution in [2.75, 3.05) is 33.5 Å². The number of hydrogen-bond acceptors (Lipinski definition) is 8. The Balaban J connectivity index is 1.72. The van der Waals surface area contributed by atoms with E-state index in [0.29, 0.717) is 38.8 Å². The van der Waals surface area contributed by atoms with Crippen molar-refractivity contribution in [2.24, 2.45) is 0 Å². The first-order valence-corrected chi connectivity index (χ1v) is 12.6. The number of methoxy groups -OCH3 is 1. The van der Waals surface area contributed by atoms with E-state index in [2.05, 4.69) is 26.3 Å². The van der Waals surface area contributed by atoms with Crippen molar-refractivity contribution < 1.29 is 33.1 Å². The lowest BCUT2D eigenvalue weighted by Crippen LogP contribution is -2.49. The van der Waals surface area contributed by atoms with Gasteiger partial charge >= 0.3 is 0 Å². The topological polar surface area (TPSA) is 161 Å². The summed E-state index contributed by atoms with van der Waals surface area (Å²) in [5, 5.41) is 11.1. The first kappa shape index (κ1) is 28.8. The van der Waals surface area contributed by atoms with Crippen LogP contribution in [0.4, 0.5) is 0 Å². The Labute approximate surface area is 221 Å².